The Morgan fingerprint density at radius 2 is 2.06 bits per heavy atom. The first kappa shape index (κ1) is 12.6. The van der Waals surface area contributed by atoms with E-state index in [4.69, 9.17) is 0 Å². The number of aromatic nitrogens is 2. The molecule has 0 aliphatic heterocycles. The summed E-state index contributed by atoms with van der Waals surface area (Å²) in [4.78, 5) is 16.3. The topological polar surface area (TPSA) is 94.8 Å². The van der Waals surface area contributed by atoms with Crippen LogP contribution in [-0.4, -0.2) is 24.9 Å². The third-order valence-corrected chi connectivity index (χ3v) is 3.92. The lowest BCUT2D eigenvalue weighted by Crippen LogP contribution is -2.30. The Morgan fingerprint density at radius 1 is 1.22 bits per heavy atom. The van der Waals surface area contributed by atoms with Crippen LogP contribution in [0.2, 0.25) is 0 Å². The van der Waals surface area contributed by atoms with Gasteiger partial charge in [-0.1, -0.05) is 0 Å². The van der Waals surface area contributed by atoms with E-state index in [-0.39, 0.29) is 11.4 Å². The normalized spacial score (nSPS) is 11.6. The van der Waals surface area contributed by atoms with Crippen LogP contribution in [0.15, 0.2) is 46.5 Å². The molecule has 0 aliphatic rings. The maximum atomic E-state index is 11.8. The van der Waals surface area contributed by atoms with Crippen LogP contribution in [0.4, 0.5) is 0 Å². The Bertz CT molecular complexity index is 659. The summed E-state index contributed by atoms with van der Waals surface area (Å²) < 4.78 is 26.1. The molecule has 18 heavy (non-hydrogen) atoms. The van der Waals surface area contributed by atoms with Crippen LogP contribution in [-0.2, 0) is 16.4 Å². The second-order valence-corrected chi connectivity index (χ2v) is 5.47. The molecule has 96 valence electrons. The highest BCUT2D eigenvalue weighted by Gasteiger charge is 2.16. The molecule has 2 rings (SSSR count). The predicted molar refractivity (Wildman–Crippen MR) is 66.7 cm³/mol. The zero-order chi connectivity index (χ0) is 13.0. The van der Waals surface area contributed by atoms with Crippen LogP contribution in [0, 0.1) is 0 Å². The van der Waals surface area contributed by atoms with Crippen LogP contribution in [0.25, 0.3) is 0 Å². The van der Waals surface area contributed by atoms with E-state index in [2.05, 4.69) is 14.7 Å². The van der Waals surface area contributed by atoms with Crippen molar-refractivity contribution in [2.24, 2.45) is 0 Å². The van der Waals surface area contributed by atoms with E-state index >= 15 is 0 Å². The second kappa shape index (κ2) is 5.19. The van der Waals surface area contributed by atoms with Crippen LogP contribution < -0.4 is 10.3 Å². The highest BCUT2D eigenvalue weighted by Crippen LogP contribution is 2.01. The summed E-state index contributed by atoms with van der Waals surface area (Å²) in [6.45, 7) is 0.245. The quantitative estimate of drug-likeness (QED) is 0.723. The van der Waals surface area contributed by atoms with Gasteiger partial charge < -0.3 is 9.97 Å². The van der Waals surface area contributed by atoms with Gasteiger partial charge in [-0.3, -0.25) is 4.79 Å². The summed E-state index contributed by atoms with van der Waals surface area (Å²) in [6, 6.07) is 4.61. The lowest BCUT2D eigenvalue weighted by atomic mass is 10.2. The molecule has 0 fully saturated rings. The second-order valence-electron chi connectivity index (χ2n) is 3.73. The number of pyridine rings is 1. The van der Waals surface area contributed by atoms with Crippen molar-refractivity contribution in [3.05, 3.63) is 52.7 Å². The van der Waals surface area contributed by atoms with Crippen LogP contribution in [0.1, 0.15) is 5.56 Å². The first-order valence-electron chi connectivity index (χ1n) is 5.38. The first-order valence-corrected chi connectivity index (χ1v) is 6.87. The molecule has 0 aliphatic carbocycles. The average Bonchev–Trinajstić information content (AvgIpc) is 2.82. The van der Waals surface area contributed by atoms with E-state index in [0.29, 0.717) is 6.42 Å². The standard InChI is InChI=1S/C11H13N3O3S/c15-11-10(2-1-5-13-11)18(16,17)14-7-4-9-3-6-12-8-9/h1-3,5-6,8,12,14H,4,7H2,(H,13,15). The zero-order valence-corrected chi connectivity index (χ0v) is 10.3. The first-order chi connectivity index (χ1) is 8.59. The molecule has 0 spiro atoms. The monoisotopic (exact) mass is 267 g/mol. The number of H-pyrrole nitrogens is 2. The van der Waals surface area contributed by atoms with Crippen molar-refractivity contribution in [1.29, 1.82) is 0 Å². The molecule has 2 heterocycles. The Balaban J connectivity index is 2.04. The number of hydrogen-bond donors (Lipinski definition) is 3. The number of aromatic amines is 2. The number of nitrogens with one attached hydrogen (secondary N) is 3. The van der Waals surface area contributed by atoms with Crippen molar-refractivity contribution in [2.75, 3.05) is 6.54 Å². The van der Waals surface area contributed by atoms with Gasteiger partial charge in [0, 0.05) is 25.1 Å². The lowest BCUT2D eigenvalue weighted by molar-refractivity contribution is 0.580. The maximum Gasteiger partial charge on any atom is 0.268 e. The van der Waals surface area contributed by atoms with Crippen molar-refractivity contribution in [2.45, 2.75) is 11.3 Å². The highest BCUT2D eigenvalue weighted by atomic mass is 32.2. The van der Waals surface area contributed by atoms with Gasteiger partial charge in [-0.15, -0.1) is 0 Å². The van der Waals surface area contributed by atoms with Gasteiger partial charge in [0.05, 0.1) is 0 Å². The van der Waals surface area contributed by atoms with Crippen LogP contribution in [0.3, 0.4) is 0 Å². The van der Waals surface area contributed by atoms with Gasteiger partial charge in [-0.2, -0.15) is 0 Å². The summed E-state index contributed by atoms with van der Waals surface area (Å²) in [5, 5.41) is 0. The van der Waals surface area contributed by atoms with E-state index in [1.165, 1.54) is 18.3 Å². The van der Waals surface area contributed by atoms with Crippen molar-refractivity contribution in [3.8, 4) is 0 Å². The summed E-state index contributed by atoms with van der Waals surface area (Å²) in [5.41, 5.74) is 0.381. The van der Waals surface area contributed by atoms with Crippen LogP contribution in [0.5, 0.6) is 0 Å². The molecule has 3 N–H and O–H groups in total. The molecule has 7 heteroatoms. The molecule has 6 nitrogen and oxygen atoms in total. The fourth-order valence-corrected chi connectivity index (χ4v) is 2.63. The maximum absolute atomic E-state index is 11.8. The molecule has 0 aromatic carbocycles. The largest absolute Gasteiger partial charge is 0.367 e. The predicted octanol–water partition coefficient (Wildman–Crippen LogP) is 0.224. The van der Waals surface area contributed by atoms with E-state index in [1.54, 1.807) is 12.4 Å². The van der Waals surface area contributed by atoms with Crippen molar-refractivity contribution < 1.29 is 8.42 Å². The number of rotatable bonds is 5. The molecule has 0 saturated heterocycles. The third kappa shape index (κ3) is 2.88. The zero-order valence-electron chi connectivity index (χ0n) is 9.51. The van der Waals surface area contributed by atoms with E-state index in [0.717, 1.165) is 5.56 Å². The summed E-state index contributed by atoms with van der Waals surface area (Å²) in [7, 11) is -3.75. The molecule has 0 unspecified atom stereocenters. The van der Waals surface area contributed by atoms with Gasteiger partial charge in [-0.25, -0.2) is 13.1 Å². The fraction of sp³-hybridized carbons (Fsp3) is 0.182. The van der Waals surface area contributed by atoms with E-state index in [9.17, 15) is 13.2 Å². The molecule has 0 atom stereocenters. The van der Waals surface area contributed by atoms with Gasteiger partial charge in [0.1, 0.15) is 4.90 Å². The smallest absolute Gasteiger partial charge is 0.268 e. The average molecular weight is 267 g/mol. The van der Waals surface area contributed by atoms with Gasteiger partial charge in [-0.05, 0) is 30.2 Å². The minimum atomic E-state index is -3.75. The van der Waals surface area contributed by atoms with Crippen molar-refractivity contribution in [3.63, 3.8) is 0 Å². The van der Waals surface area contributed by atoms with Gasteiger partial charge in [0.2, 0.25) is 10.0 Å². The molecular formula is C11H13N3O3S. The highest BCUT2D eigenvalue weighted by molar-refractivity contribution is 7.89. The minimum Gasteiger partial charge on any atom is -0.367 e. The van der Waals surface area contributed by atoms with E-state index in [1.807, 2.05) is 6.07 Å². The summed E-state index contributed by atoms with van der Waals surface area (Å²) >= 11 is 0. The molecular weight excluding hydrogens is 254 g/mol. The van der Waals surface area contributed by atoms with Crippen molar-refractivity contribution in [1.82, 2.24) is 14.7 Å². The summed E-state index contributed by atoms with van der Waals surface area (Å²) in [5.74, 6) is 0. The van der Waals surface area contributed by atoms with Crippen molar-refractivity contribution >= 4 is 10.0 Å². The lowest BCUT2D eigenvalue weighted by Gasteiger charge is -2.04. The van der Waals surface area contributed by atoms with E-state index < -0.39 is 15.6 Å². The molecule has 0 saturated carbocycles. The molecule has 0 amide bonds. The van der Waals surface area contributed by atoms with Gasteiger partial charge in [0.25, 0.3) is 5.56 Å². The number of hydrogen-bond acceptors (Lipinski definition) is 3. The fourth-order valence-electron chi connectivity index (χ4n) is 1.54. The Hall–Kier alpha value is -1.86. The Kier molecular flexibility index (Phi) is 3.63. The van der Waals surface area contributed by atoms with Crippen LogP contribution >= 0.6 is 0 Å². The minimum absolute atomic E-state index is 0.245. The molecule has 2 aromatic rings. The summed E-state index contributed by atoms with van der Waals surface area (Å²) in [6.07, 6.45) is 5.52. The molecule has 2 aromatic heterocycles. The third-order valence-electron chi connectivity index (χ3n) is 2.44. The Morgan fingerprint density at radius 3 is 2.72 bits per heavy atom. The number of sulfonamides is 1. The SMILES string of the molecule is O=c1[nH]cccc1S(=O)(=O)NCCc1cc[nH]c1. The van der Waals surface area contributed by atoms with Gasteiger partial charge >= 0.3 is 0 Å². The molecule has 0 radical (unpaired) electrons. The molecule has 0 bridgehead atoms. The Labute approximate surface area is 104 Å². The van der Waals surface area contributed by atoms with Gasteiger partial charge in [0.15, 0.2) is 0 Å².